The van der Waals surface area contributed by atoms with Gasteiger partial charge in [-0.1, -0.05) is 24.3 Å². The Morgan fingerprint density at radius 1 is 1.20 bits per heavy atom. The summed E-state index contributed by atoms with van der Waals surface area (Å²) in [5, 5.41) is 12.4. The third kappa shape index (κ3) is 1.95. The molecule has 1 N–H and O–H groups in total. The molecule has 1 aromatic carbocycles. The molecule has 1 aromatic heterocycles. The third-order valence-corrected chi connectivity index (χ3v) is 4.56. The predicted octanol–water partition coefficient (Wildman–Crippen LogP) is 2.04. The van der Waals surface area contributed by atoms with Gasteiger partial charge in [-0.3, -0.25) is 0 Å². The second-order valence-electron chi connectivity index (χ2n) is 5.99. The Labute approximate surface area is 119 Å². The number of aryl methyl sites for hydroxylation is 1. The zero-order chi connectivity index (χ0) is 13.5. The molecule has 1 atom stereocenters. The van der Waals surface area contributed by atoms with Crippen LogP contribution < -0.4 is 5.32 Å². The molecule has 1 unspecified atom stereocenters. The second-order valence-corrected chi connectivity index (χ2v) is 5.99. The summed E-state index contributed by atoms with van der Waals surface area (Å²) in [7, 11) is 0. The topological polar surface area (TPSA) is 42.7 Å². The van der Waals surface area contributed by atoms with E-state index in [9.17, 15) is 0 Å². The van der Waals surface area contributed by atoms with E-state index in [0.717, 1.165) is 37.5 Å². The molecule has 0 spiro atoms. The molecule has 20 heavy (non-hydrogen) atoms. The number of nitrogens with one attached hydrogen (secondary N) is 1. The van der Waals surface area contributed by atoms with Crippen LogP contribution in [-0.2, 0) is 25.8 Å². The van der Waals surface area contributed by atoms with Gasteiger partial charge in [-0.15, -0.1) is 10.2 Å². The highest BCUT2D eigenvalue weighted by atomic mass is 15.3. The number of hydrogen-bond acceptors (Lipinski definition) is 3. The van der Waals surface area contributed by atoms with Crippen LogP contribution in [0.25, 0.3) is 0 Å². The largest absolute Gasteiger partial charge is 0.314 e. The predicted molar refractivity (Wildman–Crippen MR) is 77.5 cm³/mol. The molecule has 1 aliphatic heterocycles. The summed E-state index contributed by atoms with van der Waals surface area (Å²) in [6.07, 6.45) is 4.54. The lowest BCUT2D eigenvalue weighted by Crippen LogP contribution is -2.33. The van der Waals surface area contributed by atoms with Gasteiger partial charge in [0, 0.05) is 19.0 Å². The molecule has 4 nitrogen and oxygen atoms in total. The number of rotatable bonds is 3. The summed E-state index contributed by atoms with van der Waals surface area (Å²) in [6.45, 7) is 3.28. The first-order valence-electron chi connectivity index (χ1n) is 7.56. The first-order chi connectivity index (χ1) is 9.81. The van der Waals surface area contributed by atoms with E-state index in [-0.39, 0.29) is 6.04 Å². The smallest absolute Gasteiger partial charge is 0.149 e. The van der Waals surface area contributed by atoms with E-state index in [4.69, 9.17) is 0 Å². The summed E-state index contributed by atoms with van der Waals surface area (Å²) < 4.78 is 2.29. The first kappa shape index (κ1) is 12.1. The van der Waals surface area contributed by atoms with Crippen molar-refractivity contribution in [2.45, 2.75) is 51.2 Å². The van der Waals surface area contributed by atoms with E-state index in [1.54, 1.807) is 0 Å². The minimum Gasteiger partial charge on any atom is -0.314 e. The maximum absolute atomic E-state index is 4.38. The van der Waals surface area contributed by atoms with Crippen LogP contribution in [0.5, 0.6) is 0 Å². The van der Waals surface area contributed by atoms with Crippen molar-refractivity contribution in [2.75, 3.05) is 0 Å². The summed E-state index contributed by atoms with van der Waals surface area (Å²) >= 11 is 0. The lowest BCUT2D eigenvalue weighted by atomic mass is 10.1. The minimum atomic E-state index is 0.272. The number of hydrogen-bond donors (Lipinski definition) is 1. The van der Waals surface area contributed by atoms with Gasteiger partial charge in [0.05, 0.1) is 6.04 Å². The van der Waals surface area contributed by atoms with Crippen molar-refractivity contribution in [1.29, 1.82) is 0 Å². The van der Waals surface area contributed by atoms with Crippen LogP contribution >= 0.6 is 0 Å². The van der Waals surface area contributed by atoms with Gasteiger partial charge in [0.15, 0.2) is 0 Å². The molecule has 0 radical (unpaired) electrons. The Morgan fingerprint density at radius 2 is 1.95 bits per heavy atom. The molecule has 2 aromatic rings. The van der Waals surface area contributed by atoms with Crippen LogP contribution in [0.1, 0.15) is 42.2 Å². The number of benzene rings is 1. The molecular formula is C16H20N4. The number of fused-ring (bicyclic) bond motifs is 2. The maximum Gasteiger partial charge on any atom is 0.149 e. The molecular weight excluding hydrogens is 248 g/mol. The van der Waals surface area contributed by atoms with Crippen molar-refractivity contribution in [3.63, 3.8) is 0 Å². The third-order valence-electron chi connectivity index (χ3n) is 4.56. The fraction of sp³-hybridized carbons (Fsp3) is 0.500. The highest BCUT2D eigenvalue weighted by molar-refractivity contribution is 5.33. The molecule has 104 valence electrons. The maximum atomic E-state index is 4.38. The molecule has 2 heterocycles. The molecule has 1 aliphatic carbocycles. The highest BCUT2D eigenvalue weighted by Gasteiger charge is 2.26. The zero-order valence-electron chi connectivity index (χ0n) is 11.8. The summed E-state index contributed by atoms with van der Waals surface area (Å²) in [4.78, 5) is 0. The second kappa shape index (κ2) is 4.70. The normalized spacial score (nSPS) is 19.1. The Balaban J connectivity index is 1.48. The zero-order valence-corrected chi connectivity index (χ0v) is 11.8. The SMILES string of the molecule is CC(NC1Cc2ccccc2C1)c1nnc2n1CCC2. The number of nitrogens with zero attached hydrogens (tertiary/aromatic N) is 3. The van der Waals surface area contributed by atoms with Gasteiger partial charge in [0.25, 0.3) is 0 Å². The van der Waals surface area contributed by atoms with Gasteiger partial charge in [-0.2, -0.15) is 0 Å². The Bertz CT molecular complexity index is 606. The van der Waals surface area contributed by atoms with E-state index >= 15 is 0 Å². The van der Waals surface area contributed by atoms with Crippen molar-refractivity contribution < 1.29 is 0 Å². The molecule has 2 aliphatic rings. The Hall–Kier alpha value is -1.68. The van der Waals surface area contributed by atoms with E-state index in [0.29, 0.717) is 6.04 Å². The van der Waals surface area contributed by atoms with Crippen molar-refractivity contribution in [2.24, 2.45) is 0 Å². The standard InChI is InChI=1S/C16H20N4/c1-11(16-19-18-15-7-4-8-20(15)16)17-14-9-12-5-2-3-6-13(12)10-14/h2-3,5-6,11,14,17H,4,7-10H2,1H3. The van der Waals surface area contributed by atoms with Crippen LogP contribution in [0.2, 0.25) is 0 Å². The lowest BCUT2D eigenvalue weighted by molar-refractivity contribution is 0.439. The summed E-state index contributed by atoms with van der Waals surface area (Å²) in [6, 6.07) is 9.56. The quantitative estimate of drug-likeness (QED) is 0.926. The van der Waals surface area contributed by atoms with Gasteiger partial charge in [-0.25, -0.2) is 0 Å². The minimum absolute atomic E-state index is 0.272. The number of aromatic nitrogens is 3. The monoisotopic (exact) mass is 268 g/mol. The van der Waals surface area contributed by atoms with E-state index < -0.39 is 0 Å². The van der Waals surface area contributed by atoms with Crippen molar-refractivity contribution in [3.8, 4) is 0 Å². The fourth-order valence-corrected chi connectivity index (χ4v) is 3.60. The van der Waals surface area contributed by atoms with Crippen molar-refractivity contribution >= 4 is 0 Å². The molecule has 0 saturated carbocycles. The molecule has 0 fully saturated rings. The van der Waals surface area contributed by atoms with Crippen LogP contribution in [0, 0.1) is 0 Å². The average Bonchev–Trinajstić information content (AvgIpc) is 3.12. The summed E-state index contributed by atoms with van der Waals surface area (Å²) in [5.74, 6) is 2.26. The molecule has 4 heteroatoms. The molecule has 4 rings (SSSR count). The van der Waals surface area contributed by atoms with Crippen molar-refractivity contribution in [3.05, 3.63) is 47.0 Å². The van der Waals surface area contributed by atoms with E-state index in [2.05, 4.69) is 51.3 Å². The van der Waals surface area contributed by atoms with Gasteiger partial charge >= 0.3 is 0 Å². The van der Waals surface area contributed by atoms with Crippen molar-refractivity contribution in [1.82, 2.24) is 20.1 Å². The van der Waals surface area contributed by atoms with Crippen LogP contribution in [0.3, 0.4) is 0 Å². The molecule has 0 saturated heterocycles. The molecule has 0 amide bonds. The molecule has 0 bridgehead atoms. The Morgan fingerprint density at radius 3 is 2.70 bits per heavy atom. The van der Waals surface area contributed by atoms with Crippen LogP contribution in [-0.4, -0.2) is 20.8 Å². The van der Waals surface area contributed by atoms with Gasteiger partial charge < -0.3 is 9.88 Å². The van der Waals surface area contributed by atoms with Crippen LogP contribution in [0.4, 0.5) is 0 Å². The van der Waals surface area contributed by atoms with Gasteiger partial charge in [0.2, 0.25) is 0 Å². The van der Waals surface area contributed by atoms with Crippen LogP contribution in [0.15, 0.2) is 24.3 Å². The van der Waals surface area contributed by atoms with Gasteiger partial charge in [-0.05, 0) is 37.3 Å². The summed E-state index contributed by atoms with van der Waals surface area (Å²) in [5.41, 5.74) is 2.98. The van der Waals surface area contributed by atoms with E-state index in [1.165, 1.54) is 17.5 Å². The van der Waals surface area contributed by atoms with Gasteiger partial charge in [0.1, 0.15) is 11.6 Å². The first-order valence-corrected chi connectivity index (χ1v) is 7.56. The lowest BCUT2D eigenvalue weighted by Gasteiger charge is -2.18. The average molecular weight is 268 g/mol. The highest BCUT2D eigenvalue weighted by Crippen LogP contribution is 2.25. The van der Waals surface area contributed by atoms with E-state index in [1.807, 2.05) is 0 Å². The fourth-order valence-electron chi connectivity index (χ4n) is 3.60. The Kier molecular flexibility index (Phi) is 2.84.